The molecule has 0 saturated heterocycles. The summed E-state index contributed by atoms with van der Waals surface area (Å²) in [5.41, 5.74) is 6.65. The SMILES string of the molecule is CCOC(=O)CCCC(N)c1ccc(OC)c(F)c1. The van der Waals surface area contributed by atoms with Crippen LogP contribution in [0.4, 0.5) is 4.39 Å². The standard InChI is InChI=1S/C14H20FNO3/c1-3-19-14(17)6-4-5-12(16)10-7-8-13(18-2)11(15)9-10/h7-9,12H,3-6,16H2,1-2H3. The predicted octanol–water partition coefficient (Wildman–Crippen LogP) is 2.57. The molecular weight excluding hydrogens is 249 g/mol. The third-order valence-electron chi connectivity index (χ3n) is 2.81. The first-order valence-electron chi connectivity index (χ1n) is 6.33. The maximum Gasteiger partial charge on any atom is 0.305 e. The summed E-state index contributed by atoms with van der Waals surface area (Å²) in [4.78, 5) is 11.2. The Kier molecular flexibility index (Phi) is 6.29. The van der Waals surface area contributed by atoms with Crippen molar-refractivity contribution in [2.45, 2.75) is 32.2 Å². The molecule has 0 aliphatic rings. The monoisotopic (exact) mass is 269 g/mol. The lowest BCUT2D eigenvalue weighted by Gasteiger charge is -2.13. The van der Waals surface area contributed by atoms with Crippen LogP contribution < -0.4 is 10.5 Å². The maximum absolute atomic E-state index is 13.5. The van der Waals surface area contributed by atoms with Crippen LogP contribution in [0, 0.1) is 5.82 Å². The number of carbonyl (C=O) groups excluding carboxylic acids is 1. The van der Waals surface area contributed by atoms with Crippen molar-refractivity contribution in [3.63, 3.8) is 0 Å². The van der Waals surface area contributed by atoms with Crippen LogP contribution in [0.1, 0.15) is 37.8 Å². The van der Waals surface area contributed by atoms with Crippen LogP contribution in [0.15, 0.2) is 18.2 Å². The van der Waals surface area contributed by atoms with Crippen molar-refractivity contribution < 1.29 is 18.7 Å². The molecule has 0 aliphatic heterocycles. The molecule has 0 bridgehead atoms. The molecule has 0 aliphatic carbocycles. The molecule has 2 N–H and O–H groups in total. The van der Waals surface area contributed by atoms with Crippen LogP contribution in [-0.2, 0) is 9.53 Å². The molecule has 0 heterocycles. The minimum absolute atomic E-state index is 0.197. The number of ether oxygens (including phenoxy) is 2. The molecule has 0 radical (unpaired) electrons. The van der Waals surface area contributed by atoms with Crippen LogP contribution in [-0.4, -0.2) is 19.7 Å². The van der Waals surface area contributed by atoms with E-state index in [0.29, 0.717) is 31.4 Å². The summed E-state index contributed by atoms with van der Waals surface area (Å²) in [6.07, 6.45) is 1.55. The molecular formula is C14H20FNO3. The van der Waals surface area contributed by atoms with E-state index in [2.05, 4.69) is 0 Å². The van der Waals surface area contributed by atoms with Crippen molar-refractivity contribution in [2.24, 2.45) is 5.73 Å². The molecule has 19 heavy (non-hydrogen) atoms. The molecule has 0 aromatic heterocycles. The Balaban J connectivity index is 2.47. The Morgan fingerprint density at radius 1 is 1.47 bits per heavy atom. The average molecular weight is 269 g/mol. The Bertz CT molecular complexity index is 423. The number of benzene rings is 1. The molecule has 4 nitrogen and oxygen atoms in total. The molecule has 106 valence electrons. The number of halogens is 1. The van der Waals surface area contributed by atoms with Crippen molar-refractivity contribution >= 4 is 5.97 Å². The third kappa shape index (κ3) is 4.87. The lowest BCUT2D eigenvalue weighted by molar-refractivity contribution is -0.143. The first-order chi connectivity index (χ1) is 9.08. The van der Waals surface area contributed by atoms with Gasteiger partial charge in [-0.15, -0.1) is 0 Å². The quantitative estimate of drug-likeness (QED) is 0.773. The fourth-order valence-electron chi connectivity index (χ4n) is 1.78. The van der Waals surface area contributed by atoms with Gasteiger partial charge in [0.25, 0.3) is 0 Å². The molecule has 1 rings (SSSR count). The van der Waals surface area contributed by atoms with Crippen molar-refractivity contribution in [3.05, 3.63) is 29.6 Å². The van der Waals surface area contributed by atoms with E-state index in [1.807, 2.05) is 0 Å². The number of rotatable bonds is 7. The smallest absolute Gasteiger partial charge is 0.305 e. The molecule has 1 aromatic carbocycles. The lowest BCUT2D eigenvalue weighted by atomic mass is 10.0. The van der Waals surface area contributed by atoms with Gasteiger partial charge >= 0.3 is 5.97 Å². The largest absolute Gasteiger partial charge is 0.494 e. The normalized spacial score (nSPS) is 12.0. The lowest BCUT2D eigenvalue weighted by Crippen LogP contribution is -2.12. The van der Waals surface area contributed by atoms with Gasteiger partial charge in [-0.05, 0) is 37.5 Å². The van der Waals surface area contributed by atoms with Crippen molar-refractivity contribution in [1.82, 2.24) is 0 Å². The number of hydrogen-bond acceptors (Lipinski definition) is 4. The van der Waals surface area contributed by atoms with Gasteiger partial charge in [-0.25, -0.2) is 4.39 Å². The zero-order valence-electron chi connectivity index (χ0n) is 11.3. The summed E-state index contributed by atoms with van der Waals surface area (Å²) < 4.78 is 23.2. The number of nitrogens with two attached hydrogens (primary N) is 1. The number of methoxy groups -OCH3 is 1. The Morgan fingerprint density at radius 2 is 2.21 bits per heavy atom. The Morgan fingerprint density at radius 3 is 2.79 bits per heavy atom. The van der Waals surface area contributed by atoms with Gasteiger partial charge in [0, 0.05) is 12.5 Å². The highest BCUT2D eigenvalue weighted by molar-refractivity contribution is 5.69. The highest BCUT2D eigenvalue weighted by Crippen LogP contribution is 2.23. The van der Waals surface area contributed by atoms with E-state index in [1.54, 1.807) is 19.1 Å². The van der Waals surface area contributed by atoms with E-state index in [4.69, 9.17) is 15.2 Å². The highest BCUT2D eigenvalue weighted by atomic mass is 19.1. The van der Waals surface area contributed by atoms with Crippen molar-refractivity contribution in [3.8, 4) is 5.75 Å². The van der Waals surface area contributed by atoms with Gasteiger partial charge in [-0.3, -0.25) is 4.79 Å². The van der Waals surface area contributed by atoms with E-state index >= 15 is 0 Å². The molecule has 1 aromatic rings. The fourth-order valence-corrected chi connectivity index (χ4v) is 1.78. The first kappa shape index (κ1) is 15.4. The summed E-state index contributed by atoms with van der Waals surface area (Å²) in [6.45, 7) is 2.15. The number of esters is 1. The summed E-state index contributed by atoms with van der Waals surface area (Å²) >= 11 is 0. The molecule has 0 spiro atoms. The van der Waals surface area contributed by atoms with Crippen LogP contribution >= 0.6 is 0 Å². The van der Waals surface area contributed by atoms with Gasteiger partial charge in [-0.1, -0.05) is 6.07 Å². The molecule has 1 unspecified atom stereocenters. The van der Waals surface area contributed by atoms with E-state index in [0.717, 1.165) is 0 Å². The van der Waals surface area contributed by atoms with Gasteiger partial charge < -0.3 is 15.2 Å². The second-order valence-corrected chi connectivity index (χ2v) is 4.20. The summed E-state index contributed by atoms with van der Waals surface area (Å²) in [5, 5.41) is 0. The number of carbonyl (C=O) groups is 1. The van der Waals surface area contributed by atoms with Gasteiger partial charge in [0.2, 0.25) is 0 Å². The van der Waals surface area contributed by atoms with Gasteiger partial charge in [0.1, 0.15) is 0 Å². The first-order valence-corrected chi connectivity index (χ1v) is 6.33. The van der Waals surface area contributed by atoms with Gasteiger partial charge in [0.05, 0.1) is 13.7 Å². The van der Waals surface area contributed by atoms with Gasteiger partial charge in [-0.2, -0.15) is 0 Å². The molecule has 0 saturated carbocycles. The topological polar surface area (TPSA) is 61.5 Å². The summed E-state index contributed by atoms with van der Waals surface area (Å²) in [7, 11) is 1.41. The maximum atomic E-state index is 13.5. The molecule has 0 amide bonds. The minimum atomic E-state index is -0.430. The van der Waals surface area contributed by atoms with E-state index in [1.165, 1.54) is 13.2 Å². The zero-order chi connectivity index (χ0) is 14.3. The summed E-state index contributed by atoms with van der Waals surface area (Å²) in [6, 6.07) is 4.36. The van der Waals surface area contributed by atoms with E-state index < -0.39 is 5.82 Å². The van der Waals surface area contributed by atoms with Crippen molar-refractivity contribution in [2.75, 3.05) is 13.7 Å². The van der Waals surface area contributed by atoms with Crippen LogP contribution in [0.2, 0.25) is 0 Å². The van der Waals surface area contributed by atoms with Crippen LogP contribution in [0.25, 0.3) is 0 Å². The fraction of sp³-hybridized carbons (Fsp3) is 0.500. The predicted molar refractivity (Wildman–Crippen MR) is 70.4 cm³/mol. The third-order valence-corrected chi connectivity index (χ3v) is 2.81. The average Bonchev–Trinajstić information content (AvgIpc) is 2.38. The minimum Gasteiger partial charge on any atom is -0.494 e. The van der Waals surface area contributed by atoms with Crippen LogP contribution in [0.5, 0.6) is 5.75 Å². The van der Waals surface area contributed by atoms with Gasteiger partial charge in [0.15, 0.2) is 11.6 Å². The Labute approximate surface area is 112 Å². The highest BCUT2D eigenvalue weighted by Gasteiger charge is 2.11. The molecule has 1 atom stereocenters. The molecule has 0 fully saturated rings. The second-order valence-electron chi connectivity index (χ2n) is 4.20. The summed E-state index contributed by atoms with van der Waals surface area (Å²) in [5.74, 6) is -0.459. The van der Waals surface area contributed by atoms with Crippen molar-refractivity contribution in [1.29, 1.82) is 0 Å². The van der Waals surface area contributed by atoms with Crippen LogP contribution in [0.3, 0.4) is 0 Å². The van der Waals surface area contributed by atoms with E-state index in [9.17, 15) is 9.18 Å². The zero-order valence-corrected chi connectivity index (χ0v) is 11.3. The van der Waals surface area contributed by atoms with E-state index in [-0.39, 0.29) is 17.8 Å². The number of hydrogen-bond donors (Lipinski definition) is 1. The Hall–Kier alpha value is -1.62. The molecule has 5 heteroatoms. The second kappa shape index (κ2) is 7.74.